The van der Waals surface area contributed by atoms with Crippen molar-refractivity contribution in [3.05, 3.63) is 0 Å². The predicted octanol–water partition coefficient (Wildman–Crippen LogP) is 22.6. The molecule has 0 aromatic heterocycles. The summed E-state index contributed by atoms with van der Waals surface area (Å²) in [5.74, 6) is 9.27. The SMILES string of the molecule is C.CC.CC.CC1CCCC(C)CCC1.CC1CCCC(C)CCC1.CC1CCCC(C2CCCCCCC2)CCC1.CC1CCCCCCC1.CC1CCCCCCC1. The van der Waals surface area contributed by atoms with E-state index < -0.39 is 0 Å². The number of rotatable bonds is 1. The summed E-state index contributed by atoms with van der Waals surface area (Å²) in [5.41, 5.74) is 0. The lowest BCUT2D eigenvalue weighted by molar-refractivity contribution is 0.210. The van der Waals surface area contributed by atoms with Crippen LogP contribution in [0.4, 0.5) is 0 Å². The molecule has 0 aromatic carbocycles. The van der Waals surface area contributed by atoms with E-state index in [1.165, 1.54) is 225 Å². The molecule has 0 unspecified atom stereocenters. The van der Waals surface area contributed by atoms with E-state index in [1.807, 2.05) is 27.7 Å². The summed E-state index contributed by atoms with van der Waals surface area (Å²) < 4.78 is 0. The van der Waals surface area contributed by atoms with Gasteiger partial charge in [-0.2, -0.15) is 0 Å². The first-order valence-corrected chi connectivity index (χ1v) is 28.7. The normalized spacial score (nSPS) is 29.6. The Balaban J connectivity index is 0. The van der Waals surface area contributed by atoms with Crippen LogP contribution in [0.2, 0.25) is 0 Å². The minimum Gasteiger partial charge on any atom is -0.0776 e. The quantitative estimate of drug-likeness (QED) is 0.247. The summed E-state index contributed by atoms with van der Waals surface area (Å²) in [5, 5.41) is 0. The second kappa shape index (κ2) is 45.6. The van der Waals surface area contributed by atoms with Crippen molar-refractivity contribution < 1.29 is 0 Å². The lowest BCUT2D eigenvalue weighted by Crippen LogP contribution is -2.18. The third-order valence-corrected chi connectivity index (χ3v) is 15.7. The molecule has 0 aliphatic heterocycles. The second-order valence-electron chi connectivity index (χ2n) is 21.9. The van der Waals surface area contributed by atoms with E-state index in [0.29, 0.717) is 0 Å². The predicted molar refractivity (Wildman–Crippen MR) is 281 cm³/mol. The average Bonchev–Trinajstić information content (AvgIpc) is 3.17. The average molecular weight is 846 g/mol. The molecular formula is C60H124. The van der Waals surface area contributed by atoms with Gasteiger partial charge in [0.15, 0.2) is 0 Å². The molecule has 60 heavy (non-hydrogen) atoms. The van der Waals surface area contributed by atoms with Crippen LogP contribution < -0.4 is 0 Å². The molecule has 0 heteroatoms. The Bertz CT molecular complexity index is 680. The highest BCUT2D eigenvalue weighted by Crippen LogP contribution is 2.37. The zero-order valence-electron chi connectivity index (χ0n) is 43.8. The van der Waals surface area contributed by atoms with Gasteiger partial charge in [0.05, 0.1) is 0 Å². The molecule has 364 valence electrons. The van der Waals surface area contributed by atoms with Crippen LogP contribution in [-0.4, -0.2) is 0 Å². The van der Waals surface area contributed by atoms with Crippen molar-refractivity contribution >= 4 is 0 Å². The minimum absolute atomic E-state index is 0. The lowest BCUT2D eigenvalue weighted by Gasteiger charge is -2.31. The summed E-state index contributed by atoms with van der Waals surface area (Å²) >= 11 is 0. The van der Waals surface area contributed by atoms with Crippen LogP contribution in [0.1, 0.15) is 334 Å². The van der Waals surface area contributed by atoms with E-state index in [0.717, 1.165) is 53.3 Å². The molecule has 6 fully saturated rings. The molecule has 0 aromatic rings. The Morgan fingerprint density at radius 2 is 0.283 bits per heavy atom. The van der Waals surface area contributed by atoms with Crippen molar-refractivity contribution in [1.29, 1.82) is 0 Å². The molecule has 6 aliphatic rings. The summed E-state index contributed by atoms with van der Waals surface area (Å²) in [6, 6.07) is 0. The summed E-state index contributed by atoms with van der Waals surface area (Å²) in [7, 11) is 0. The number of hydrogen-bond donors (Lipinski definition) is 0. The molecular weight excluding hydrogens is 721 g/mol. The molecule has 0 nitrogen and oxygen atoms in total. The first kappa shape index (κ1) is 62.1. The van der Waals surface area contributed by atoms with Crippen LogP contribution in [0, 0.1) is 53.3 Å². The smallest absolute Gasteiger partial charge is 0.0386 e. The zero-order valence-corrected chi connectivity index (χ0v) is 43.8. The van der Waals surface area contributed by atoms with Crippen molar-refractivity contribution in [3.8, 4) is 0 Å². The van der Waals surface area contributed by atoms with E-state index in [-0.39, 0.29) is 7.43 Å². The molecule has 6 saturated carbocycles. The molecule has 6 rings (SSSR count). The second-order valence-corrected chi connectivity index (χ2v) is 21.9. The van der Waals surface area contributed by atoms with Gasteiger partial charge in [-0.25, -0.2) is 0 Å². The fourth-order valence-electron chi connectivity index (χ4n) is 11.3. The maximum absolute atomic E-state index is 2.45. The molecule has 0 atom stereocenters. The number of hydrogen-bond acceptors (Lipinski definition) is 0. The van der Waals surface area contributed by atoms with Crippen molar-refractivity contribution in [1.82, 2.24) is 0 Å². The van der Waals surface area contributed by atoms with Crippen molar-refractivity contribution in [2.24, 2.45) is 53.3 Å². The van der Waals surface area contributed by atoms with Crippen LogP contribution in [0.15, 0.2) is 0 Å². The maximum Gasteiger partial charge on any atom is -0.0386 e. The molecule has 0 bridgehead atoms. The summed E-state index contributed by atoms with van der Waals surface area (Å²) in [4.78, 5) is 0. The van der Waals surface area contributed by atoms with Gasteiger partial charge in [-0.05, 0) is 53.3 Å². The zero-order chi connectivity index (χ0) is 43.8. The standard InChI is InChI=1S/C17H32.2C10H20.2C9H18.2C2H6.CH4/c1-15-9-7-13-17(14-8-10-15)16-11-5-3-2-4-6-12-16;2*1-9-5-3-7-10(2)8-4-6-9;2*1-9-7-5-3-2-4-6-8-9;2*1-2;/h15-17H,2-14H2,1H3;2*9-10H,3-8H2,1-2H3;2*9H,2-8H2,1H3;2*1-2H3;1H4. The maximum atomic E-state index is 2.45. The molecule has 0 amide bonds. The topological polar surface area (TPSA) is 0 Å². The van der Waals surface area contributed by atoms with E-state index in [9.17, 15) is 0 Å². The van der Waals surface area contributed by atoms with Gasteiger partial charge in [0, 0.05) is 0 Å². The Morgan fingerprint density at radius 3 is 0.483 bits per heavy atom. The van der Waals surface area contributed by atoms with Crippen molar-refractivity contribution in [2.75, 3.05) is 0 Å². The fraction of sp³-hybridized carbons (Fsp3) is 1.00. The van der Waals surface area contributed by atoms with Gasteiger partial charge in [0.25, 0.3) is 0 Å². The largest absolute Gasteiger partial charge is 0.0776 e. The van der Waals surface area contributed by atoms with Gasteiger partial charge in [-0.1, -0.05) is 334 Å². The Labute approximate surface area is 385 Å². The van der Waals surface area contributed by atoms with Gasteiger partial charge >= 0.3 is 0 Å². The fourth-order valence-corrected chi connectivity index (χ4v) is 11.3. The van der Waals surface area contributed by atoms with Crippen LogP contribution in [0.3, 0.4) is 0 Å². The Morgan fingerprint density at radius 1 is 0.167 bits per heavy atom. The first-order valence-electron chi connectivity index (χ1n) is 28.7. The highest BCUT2D eigenvalue weighted by Gasteiger charge is 2.23. The molecule has 0 N–H and O–H groups in total. The third-order valence-electron chi connectivity index (χ3n) is 15.7. The van der Waals surface area contributed by atoms with E-state index >= 15 is 0 Å². The van der Waals surface area contributed by atoms with Crippen molar-refractivity contribution in [2.45, 2.75) is 334 Å². The van der Waals surface area contributed by atoms with Gasteiger partial charge in [-0.3, -0.25) is 0 Å². The molecule has 0 spiro atoms. The third kappa shape index (κ3) is 38.5. The first-order chi connectivity index (χ1) is 28.7. The highest BCUT2D eigenvalue weighted by molar-refractivity contribution is 4.75. The van der Waals surface area contributed by atoms with Crippen LogP contribution in [0.25, 0.3) is 0 Å². The van der Waals surface area contributed by atoms with Crippen LogP contribution in [0.5, 0.6) is 0 Å². The van der Waals surface area contributed by atoms with Crippen LogP contribution >= 0.6 is 0 Å². The van der Waals surface area contributed by atoms with E-state index in [2.05, 4.69) is 48.5 Å². The summed E-state index contributed by atoms with van der Waals surface area (Å²) in [6.07, 6.45) is 58.4. The Kier molecular flexibility index (Phi) is 47.1. The lowest BCUT2D eigenvalue weighted by atomic mass is 9.75. The van der Waals surface area contributed by atoms with Gasteiger partial charge in [0.2, 0.25) is 0 Å². The van der Waals surface area contributed by atoms with Gasteiger partial charge in [-0.15, -0.1) is 0 Å². The Hall–Kier alpha value is 0. The minimum atomic E-state index is 0. The van der Waals surface area contributed by atoms with Gasteiger partial charge < -0.3 is 0 Å². The van der Waals surface area contributed by atoms with Crippen LogP contribution in [-0.2, 0) is 0 Å². The highest BCUT2D eigenvalue weighted by atomic mass is 14.3. The monoisotopic (exact) mass is 845 g/mol. The summed E-state index contributed by atoms with van der Waals surface area (Å²) in [6.45, 7) is 24.8. The molecule has 0 heterocycles. The van der Waals surface area contributed by atoms with Crippen molar-refractivity contribution in [3.63, 3.8) is 0 Å². The van der Waals surface area contributed by atoms with E-state index in [1.54, 1.807) is 25.7 Å². The van der Waals surface area contributed by atoms with Gasteiger partial charge in [0.1, 0.15) is 0 Å². The molecule has 6 aliphatic carbocycles. The van der Waals surface area contributed by atoms with E-state index in [4.69, 9.17) is 0 Å². The molecule has 0 saturated heterocycles. The molecule has 0 radical (unpaired) electrons.